The van der Waals surface area contributed by atoms with Crippen molar-refractivity contribution in [2.24, 2.45) is 11.8 Å². The van der Waals surface area contributed by atoms with Crippen molar-refractivity contribution in [3.8, 4) is 12.3 Å². The molecule has 0 saturated carbocycles. The third-order valence-corrected chi connectivity index (χ3v) is 3.22. The first-order chi connectivity index (χ1) is 7.47. The van der Waals surface area contributed by atoms with Crippen molar-refractivity contribution in [2.75, 3.05) is 7.11 Å². The number of ether oxygens (including phenoxy) is 1. The summed E-state index contributed by atoms with van der Waals surface area (Å²) in [5.74, 6) is 2.24. The first-order valence-corrected chi connectivity index (χ1v) is 5.82. The Balaban J connectivity index is 4.24. The summed E-state index contributed by atoms with van der Waals surface area (Å²) in [5, 5.41) is 19.7. The Kier molecular flexibility index (Phi) is 7.40. The lowest BCUT2D eigenvalue weighted by Crippen LogP contribution is -2.34. The molecule has 3 unspecified atom stereocenters. The van der Waals surface area contributed by atoms with E-state index in [1.54, 1.807) is 14.0 Å². The number of terminal acetylenes is 1. The molecule has 2 N–H and O–H groups in total. The highest BCUT2D eigenvalue weighted by Crippen LogP contribution is 2.20. The van der Waals surface area contributed by atoms with Crippen molar-refractivity contribution in [1.82, 2.24) is 0 Å². The molecule has 5 atom stereocenters. The van der Waals surface area contributed by atoms with Gasteiger partial charge in [-0.15, -0.1) is 12.3 Å². The third-order valence-electron chi connectivity index (χ3n) is 3.22. The smallest absolute Gasteiger partial charge is 0.0699 e. The average Bonchev–Trinajstić information content (AvgIpc) is 2.29. The number of hydrogen-bond donors (Lipinski definition) is 2. The zero-order chi connectivity index (χ0) is 12.7. The van der Waals surface area contributed by atoms with E-state index in [1.807, 2.05) is 13.8 Å². The Morgan fingerprint density at radius 2 is 1.81 bits per heavy atom. The van der Waals surface area contributed by atoms with E-state index in [0.29, 0.717) is 6.42 Å². The minimum atomic E-state index is -0.656. The fraction of sp³-hybridized carbons (Fsp3) is 0.846. The predicted molar refractivity (Wildman–Crippen MR) is 64.9 cm³/mol. The first-order valence-electron chi connectivity index (χ1n) is 5.82. The number of aliphatic hydroxyl groups excluding tert-OH is 2. The number of aliphatic hydroxyl groups is 2. The topological polar surface area (TPSA) is 49.7 Å². The molecule has 0 heterocycles. The van der Waals surface area contributed by atoms with Gasteiger partial charge in [0.05, 0.1) is 18.3 Å². The molecule has 0 bridgehead atoms. The second-order valence-electron chi connectivity index (χ2n) is 4.37. The highest BCUT2D eigenvalue weighted by molar-refractivity contribution is 4.95. The minimum absolute atomic E-state index is 0.00498. The molecule has 3 nitrogen and oxygen atoms in total. The minimum Gasteiger partial charge on any atom is -0.393 e. The van der Waals surface area contributed by atoms with Crippen LogP contribution in [0.15, 0.2) is 0 Å². The van der Waals surface area contributed by atoms with E-state index in [0.717, 1.165) is 6.42 Å². The molecule has 0 aromatic heterocycles. The molecular weight excluding hydrogens is 204 g/mol. The summed E-state index contributed by atoms with van der Waals surface area (Å²) >= 11 is 0. The Labute approximate surface area is 98.8 Å². The van der Waals surface area contributed by atoms with E-state index in [2.05, 4.69) is 5.92 Å². The van der Waals surface area contributed by atoms with E-state index in [-0.39, 0.29) is 17.9 Å². The number of rotatable bonds is 7. The van der Waals surface area contributed by atoms with Crippen molar-refractivity contribution >= 4 is 0 Å². The zero-order valence-electron chi connectivity index (χ0n) is 10.7. The third kappa shape index (κ3) is 4.52. The molecule has 0 aliphatic heterocycles. The van der Waals surface area contributed by atoms with Crippen LogP contribution in [-0.4, -0.2) is 35.6 Å². The molecule has 0 radical (unpaired) electrons. The molecule has 94 valence electrons. The summed E-state index contributed by atoms with van der Waals surface area (Å²) in [7, 11) is 1.64. The normalized spacial score (nSPS) is 20.6. The second-order valence-corrected chi connectivity index (χ2v) is 4.37. The van der Waals surface area contributed by atoms with Crippen LogP contribution in [-0.2, 0) is 4.74 Å². The Bertz CT molecular complexity index is 218. The highest BCUT2D eigenvalue weighted by Gasteiger charge is 2.26. The fourth-order valence-corrected chi connectivity index (χ4v) is 1.78. The van der Waals surface area contributed by atoms with Gasteiger partial charge in [-0.2, -0.15) is 0 Å². The van der Waals surface area contributed by atoms with Gasteiger partial charge < -0.3 is 14.9 Å². The van der Waals surface area contributed by atoms with E-state index >= 15 is 0 Å². The zero-order valence-corrected chi connectivity index (χ0v) is 10.7. The van der Waals surface area contributed by atoms with Gasteiger partial charge in [0.2, 0.25) is 0 Å². The van der Waals surface area contributed by atoms with Crippen LogP contribution in [0.4, 0.5) is 0 Å². The average molecular weight is 228 g/mol. The molecule has 0 amide bonds. The quantitative estimate of drug-likeness (QED) is 0.648. The Morgan fingerprint density at radius 1 is 1.25 bits per heavy atom. The summed E-state index contributed by atoms with van der Waals surface area (Å²) in [6.45, 7) is 5.71. The van der Waals surface area contributed by atoms with Crippen molar-refractivity contribution < 1.29 is 14.9 Å². The maximum atomic E-state index is 9.96. The van der Waals surface area contributed by atoms with Gasteiger partial charge in [-0.05, 0) is 13.3 Å². The summed E-state index contributed by atoms with van der Waals surface area (Å²) in [6, 6.07) is 0. The van der Waals surface area contributed by atoms with Crippen LogP contribution in [0.2, 0.25) is 0 Å². The molecule has 0 aliphatic rings. The SMILES string of the molecule is C#C[C@@H](C)C(O)C[C@H](O)C(C)C(CC)OC. The van der Waals surface area contributed by atoms with E-state index in [9.17, 15) is 10.2 Å². The molecule has 0 aromatic rings. The van der Waals surface area contributed by atoms with Gasteiger partial charge in [-0.1, -0.05) is 13.8 Å². The van der Waals surface area contributed by atoms with E-state index < -0.39 is 12.2 Å². The largest absolute Gasteiger partial charge is 0.393 e. The van der Waals surface area contributed by atoms with Crippen molar-refractivity contribution in [2.45, 2.75) is 51.9 Å². The molecule has 0 spiro atoms. The molecule has 0 aliphatic carbocycles. The van der Waals surface area contributed by atoms with Crippen LogP contribution in [0.1, 0.15) is 33.6 Å². The summed E-state index contributed by atoms with van der Waals surface area (Å²) in [6.07, 6.45) is 5.14. The summed E-state index contributed by atoms with van der Waals surface area (Å²) < 4.78 is 5.27. The lowest BCUT2D eigenvalue weighted by Gasteiger charge is -2.28. The monoisotopic (exact) mass is 228 g/mol. The van der Waals surface area contributed by atoms with Crippen LogP contribution >= 0.6 is 0 Å². The first kappa shape index (κ1) is 15.4. The van der Waals surface area contributed by atoms with Gasteiger partial charge in [0, 0.05) is 25.4 Å². The molecule has 0 fully saturated rings. The summed E-state index contributed by atoms with van der Waals surface area (Å²) in [4.78, 5) is 0. The number of hydrogen-bond acceptors (Lipinski definition) is 3. The van der Waals surface area contributed by atoms with E-state index in [4.69, 9.17) is 11.2 Å². The highest BCUT2D eigenvalue weighted by atomic mass is 16.5. The van der Waals surface area contributed by atoms with Crippen molar-refractivity contribution in [3.63, 3.8) is 0 Å². The van der Waals surface area contributed by atoms with Crippen LogP contribution in [0.3, 0.4) is 0 Å². The summed E-state index contributed by atoms with van der Waals surface area (Å²) in [5.41, 5.74) is 0. The molecule has 16 heavy (non-hydrogen) atoms. The van der Waals surface area contributed by atoms with Crippen LogP contribution in [0.25, 0.3) is 0 Å². The van der Waals surface area contributed by atoms with Crippen molar-refractivity contribution in [1.29, 1.82) is 0 Å². The standard InChI is InChI=1S/C13H24O3/c1-6-9(3)11(14)8-12(15)10(4)13(7-2)16-5/h1,9-15H,7-8H2,2-5H3/t9-,10?,11?,12+,13?/m1/s1. The van der Waals surface area contributed by atoms with Crippen molar-refractivity contribution in [3.05, 3.63) is 0 Å². The van der Waals surface area contributed by atoms with Gasteiger partial charge >= 0.3 is 0 Å². The fourth-order valence-electron chi connectivity index (χ4n) is 1.78. The molecule has 0 saturated heterocycles. The lowest BCUT2D eigenvalue weighted by atomic mass is 9.89. The Hall–Kier alpha value is -0.560. The maximum Gasteiger partial charge on any atom is 0.0699 e. The second kappa shape index (κ2) is 7.67. The molecule has 3 heteroatoms. The molecular formula is C13H24O3. The predicted octanol–water partition coefficient (Wildman–Crippen LogP) is 1.43. The lowest BCUT2D eigenvalue weighted by molar-refractivity contribution is -0.0302. The van der Waals surface area contributed by atoms with Gasteiger partial charge in [0.1, 0.15) is 0 Å². The van der Waals surface area contributed by atoms with Gasteiger partial charge in [-0.3, -0.25) is 0 Å². The number of methoxy groups -OCH3 is 1. The Morgan fingerprint density at radius 3 is 2.19 bits per heavy atom. The van der Waals surface area contributed by atoms with Crippen LogP contribution in [0, 0.1) is 24.2 Å². The van der Waals surface area contributed by atoms with Gasteiger partial charge in [0.15, 0.2) is 0 Å². The van der Waals surface area contributed by atoms with Crippen LogP contribution in [0.5, 0.6) is 0 Å². The van der Waals surface area contributed by atoms with Gasteiger partial charge in [0.25, 0.3) is 0 Å². The van der Waals surface area contributed by atoms with Crippen LogP contribution < -0.4 is 0 Å². The molecule has 0 rings (SSSR count). The maximum absolute atomic E-state index is 9.96. The molecule has 0 aromatic carbocycles. The van der Waals surface area contributed by atoms with E-state index in [1.165, 1.54) is 0 Å². The van der Waals surface area contributed by atoms with Gasteiger partial charge in [-0.25, -0.2) is 0 Å².